The van der Waals surface area contributed by atoms with E-state index < -0.39 is 47.9 Å². The number of hydrogen-bond acceptors (Lipinski definition) is 4. The van der Waals surface area contributed by atoms with Gasteiger partial charge in [0.1, 0.15) is 17.9 Å². The van der Waals surface area contributed by atoms with Gasteiger partial charge in [-0.2, -0.15) is 0 Å². The average Bonchev–Trinajstić information content (AvgIpc) is 3.22. The second-order valence-electron chi connectivity index (χ2n) is 8.32. The highest BCUT2D eigenvalue weighted by atomic mass is 19.1. The van der Waals surface area contributed by atoms with Crippen molar-refractivity contribution in [2.75, 3.05) is 13.1 Å². The summed E-state index contributed by atoms with van der Waals surface area (Å²) in [5, 5.41) is 12.8. The maximum absolute atomic E-state index is 13.3. The van der Waals surface area contributed by atoms with E-state index in [0.29, 0.717) is 17.5 Å². The molecule has 2 saturated heterocycles. The molecule has 2 aromatic rings. The smallest absolute Gasteiger partial charge is 0.325 e. The number of urea groups is 1. The van der Waals surface area contributed by atoms with Crippen LogP contribution >= 0.6 is 0 Å². The summed E-state index contributed by atoms with van der Waals surface area (Å²) in [6.07, 6.45) is -0.432. The van der Waals surface area contributed by atoms with E-state index in [0.717, 1.165) is 10.5 Å². The minimum atomic E-state index is -1.26. The number of aryl methyl sites for hydroxylation is 1. The molecule has 31 heavy (non-hydrogen) atoms. The molecule has 162 valence electrons. The van der Waals surface area contributed by atoms with E-state index in [9.17, 15) is 23.9 Å². The van der Waals surface area contributed by atoms with Crippen LogP contribution in [0.25, 0.3) is 0 Å². The van der Waals surface area contributed by atoms with Gasteiger partial charge in [0.2, 0.25) is 5.91 Å². The third-order valence-electron chi connectivity index (χ3n) is 6.05. The van der Waals surface area contributed by atoms with Gasteiger partial charge in [-0.1, -0.05) is 42.0 Å². The fourth-order valence-electron chi connectivity index (χ4n) is 4.24. The molecule has 3 atom stereocenters. The molecule has 2 aliphatic heterocycles. The van der Waals surface area contributed by atoms with Crippen LogP contribution in [0.4, 0.5) is 9.18 Å². The molecule has 2 N–H and O–H groups in total. The quantitative estimate of drug-likeness (QED) is 0.736. The first-order valence-electron chi connectivity index (χ1n) is 10.1. The number of halogens is 1. The lowest BCUT2D eigenvalue weighted by atomic mass is 9.91. The number of likely N-dealkylation sites (tertiary alicyclic amines) is 1. The number of rotatable bonds is 4. The van der Waals surface area contributed by atoms with E-state index in [2.05, 4.69) is 5.32 Å². The lowest BCUT2D eigenvalue weighted by Gasteiger charge is -2.27. The van der Waals surface area contributed by atoms with Crippen molar-refractivity contribution in [3.8, 4) is 0 Å². The molecular formula is C23H24FN3O4. The van der Waals surface area contributed by atoms with E-state index in [1.165, 1.54) is 17.0 Å². The van der Waals surface area contributed by atoms with Crippen molar-refractivity contribution in [3.05, 3.63) is 71.0 Å². The van der Waals surface area contributed by atoms with Gasteiger partial charge >= 0.3 is 6.03 Å². The minimum Gasteiger partial charge on any atom is -0.391 e. The van der Waals surface area contributed by atoms with Gasteiger partial charge in [-0.3, -0.25) is 14.5 Å². The first kappa shape index (κ1) is 21.0. The Morgan fingerprint density at radius 2 is 1.81 bits per heavy atom. The highest BCUT2D eigenvalue weighted by Crippen LogP contribution is 2.33. The number of benzene rings is 2. The van der Waals surface area contributed by atoms with Crippen LogP contribution < -0.4 is 5.32 Å². The molecule has 4 amide bonds. The Bertz CT molecular complexity index is 1020. The molecule has 8 heteroatoms. The zero-order valence-corrected chi connectivity index (χ0v) is 17.3. The monoisotopic (exact) mass is 425 g/mol. The van der Waals surface area contributed by atoms with E-state index in [4.69, 9.17) is 0 Å². The van der Waals surface area contributed by atoms with Crippen LogP contribution in [-0.4, -0.2) is 51.9 Å². The molecule has 7 nitrogen and oxygen atoms in total. The van der Waals surface area contributed by atoms with Crippen molar-refractivity contribution >= 4 is 17.8 Å². The van der Waals surface area contributed by atoms with Crippen molar-refractivity contribution in [1.29, 1.82) is 0 Å². The molecular weight excluding hydrogens is 401 g/mol. The second-order valence-corrected chi connectivity index (χ2v) is 8.32. The SMILES string of the molecule is Cc1ccc([C@]2(C)NC(=O)N(CC(=O)N3C[C@@H](O)C[C@@H]3c3ccc(F)cc3)C2=O)cc1. The van der Waals surface area contributed by atoms with Crippen LogP contribution in [0.2, 0.25) is 0 Å². The number of carbonyl (C=O) groups excluding carboxylic acids is 3. The van der Waals surface area contributed by atoms with Crippen molar-refractivity contribution in [2.24, 2.45) is 0 Å². The molecule has 2 fully saturated rings. The Balaban J connectivity index is 1.53. The van der Waals surface area contributed by atoms with Crippen LogP contribution in [0, 0.1) is 12.7 Å². The van der Waals surface area contributed by atoms with Crippen molar-refractivity contribution < 1.29 is 23.9 Å². The number of aliphatic hydroxyl groups excluding tert-OH is 1. The molecule has 0 spiro atoms. The van der Waals surface area contributed by atoms with Gasteiger partial charge in [0.05, 0.1) is 12.1 Å². The summed E-state index contributed by atoms with van der Waals surface area (Å²) >= 11 is 0. The Morgan fingerprint density at radius 3 is 2.45 bits per heavy atom. The van der Waals surface area contributed by atoms with E-state index in [1.807, 2.05) is 19.1 Å². The summed E-state index contributed by atoms with van der Waals surface area (Å²) in [5.41, 5.74) is 1.09. The van der Waals surface area contributed by atoms with Crippen molar-refractivity contribution in [3.63, 3.8) is 0 Å². The van der Waals surface area contributed by atoms with Gasteiger partial charge < -0.3 is 15.3 Å². The summed E-state index contributed by atoms with van der Waals surface area (Å²) in [6, 6.07) is 11.9. The molecule has 0 bridgehead atoms. The first-order valence-corrected chi connectivity index (χ1v) is 10.1. The van der Waals surface area contributed by atoms with Gasteiger partial charge in [0, 0.05) is 6.54 Å². The lowest BCUT2D eigenvalue weighted by molar-refractivity contribution is -0.139. The Kier molecular flexibility index (Phi) is 5.26. The Hall–Kier alpha value is -3.26. The van der Waals surface area contributed by atoms with E-state index >= 15 is 0 Å². The molecule has 2 aromatic carbocycles. The normalized spacial score (nSPS) is 25.8. The standard InChI is InChI=1S/C23H24FN3O4/c1-14-3-7-16(8-4-14)23(2)21(30)27(22(31)25-23)13-20(29)26-12-18(28)11-19(26)15-5-9-17(24)10-6-15/h3-10,18-19,28H,11-13H2,1-2H3,(H,25,31)/t18-,19+,23-/m0/s1. The second kappa shape index (κ2) is 7.77. The van der Waals surface area contributed by atoms with Gasteiger partial charge in [0.25, 0.3) is 5.91 Å². The molecule has 0 saturated carbocycles. The topological polar surface area (TPSA) is 90.0 Å². The molecule has 0 aliphatic carbocycles. The van der Waals surface area contributed by atoms with Crippen LogP contribution in [-0.2, 0) is 15.1 Å². The van der Waals surface area contributed by atoms with Crippen LogP contribution in [0.1, 0.15) is 36.1 Å². The molecule has 4 rings (SSSR count). The number of hydrogen-bond donors (Lipinski definition) is 2. The minimum absolute atomic E-state index is 0.0831. The van der Waals surface area contributed by atoms with Crippen molar-refractivity contribution in [1.82, 2.24) is 15.1 Å². The molecule has 2 aliphatic rings. The first-order chi connectivity index (χ1) is 14.7. The third-order valence-corrected chi connectivity index (χ3v) is 6.05. The predicted molar refractivity (Wildman–Crippen MR) is 110 cm³/mol. The highest BCUT2D eigenvalue weighted by Gasteiger charge is 2.50. The number of β-amino-alcohol motifs (C(OH)–C–C–N with tert-alkyl or cyclic N) is 1. The number of imide groups is 1. The van der Waals surface area contributed by atoms with Crippen LogP contribution in [0.3, 0.4) is 0 Å². The van der Waals surface area contributed by atoms with Gasteiger partial charge in [-0.15, -0.1) is 0 Å². The zero-order chi connectivity index (χ0) is 22.3. The number of nitrogens with zero attached hydrogens (tertiary/aromatic N) is 2. The summed E-state index contributed by atoms with van der Waals surface area (Å²) in [7, 11) is 0. The maximum atomic E-state index is 13.3. The summed E-state index contributed by atoms with van der Waals surface area (Å²) in [5.74, 6) is -1.36. The summed E-state index contributed by atoms with van der Waals surface area (Å²) < 4.78 is 13.3. The lowest BCUT2D eigenvalue weighted by Crippen LogP contribution is -2.44. The van der Waals surface area contributed by atoms with Crippen molar-refractivity contribution in [2.45, 2.75) is 38.0 Å². The fraction of sp³-hybridized carbons (Fsp3) is 0.348. The van der Waals surface area contributed by atoms with Crippen LogP contribution in [0.15, 0.2) is 48.5 Å². The maximum Gasteiger partial charge on any atom is 0.325 e. The fourth-order valence-corrected chi connectivity index (χ4v) is 4.24. The molecule has 0 aromatic heterocycles. The van der Waals surface area contributed by atoms with E-state index in [-0.39, 0.29) is 6.54 Å². The van der Waals surface area contributed by atoms with Gasteiger partial charge in [-0.25, -0.2) is 9.18 Å². The Morgan fingerprint density at radius 1 is 1.16 bits per heavy atom. The third kappa shape index (κ3) is 3.79. The van der Waals surface area contributed by atoms with E-state index in [1.54, 1.807) is 31.2 Å². The Labute approximate surface area is 179 Å². The molecule has 0 unspecified atom stereocenters. The average molecular weight is 425 g/mol. The molecule has 2 heterocycles. The summed E-state index contributed by atoms with van der Waals surface area (Å²) in [6.45, 7) is 3.19. The number of carbonyl (C=O) groups is 3. The summed E-state index contributed by atoms with van der Waals surface area (Å²) in [4.78, 5) is 41.1. The van der Waals surface area contributed by atoms with Crippen LogP contribution in [0.5, 0.6) is 0 Å². The number of aliphatic hydroxyl groups is 1. The predicted octanol–water partition coefficient (Wildman–Crippen LogP) is 2.24. The van der Waals surface area contributed by atoms with Gasteiger partial charge in [-0.05, 0) is 43.5 Å². The highest BCUT2D eigenvalue weighted by molar-refractivity contribution is 6.09. The molecule has 0 radical (unpaired) electrons. The number of nitrogens with one attached hydrogen (secondary N) is 1. The van der Waals surface area contributed by atoms with Gasteiger partial charge in [0.15, 0.2) is 0 Å². The number of amides is 4. The largest absolute Gasteiger partial charge is 0.391 e. The zero-order valence-electron chi connectivity index (χ0n) is 17.3.